The van der Waals surface area contributed by atoms with E-state index in [9.17, 15) is 9.59 Å². The maximum absolute atomic E-state index is 12.7. The SMILES string of the molecule is COCCCN1C(=O)/C(=C/c2ccc(OCC(=O)Nc3cccc(Cl)c3Cl)c(OC)c2)SC1=S. The summed E-state index contributed by atoms with van der Waals surface area (Å²) in [6.45, 7) is 0.798. The quantitative estimate of drug-likeness (QED) is 0.250. The van der Waals surface area contributed by atoms with E-state index in [1.54, 1.807) is 54.5 Å². The van der Waals surface area contributed by atoms with Crippen molar-refractivity contribution in [2.45, 2.75) is 6.42 Å². The molecule has 0 radical (unpaired) electrons. The van der Waals surface area contributed by atoms with Crippen LogP contribution in [0, 0.1) is 0 Å². The second-order valence-electron chi connectivity index (χ2n) is 7.03. The number of carbonyl (C=O) groups is 2. The van der Waals surface area contributed by atoms with Crippen LogP contribution in [0.2, 0.25) is 10.0 Å². The van der Waals surface area contributed by atoms with Crippen LogP contribution >= 0.6 is 47.2 Å². The number of anilines is 1. The van der Waals surface area contributed by atoms with Gasteiger partial charge in [-0.1, -0.05) is 59.3 Å². The molecule has 1 aliphatic heterocycles. The van der Waals surface area contributed by atoms with Gasteiger partial charge in [0.1, 0.15) is 4.32 Å². The predicted molar refractivity (Wildman–Crippen MR) is 140 cm³/mol. The Hall–Kier alpha value is -2.30. The number of nitrogens with zero attached hydrogens (tertiary/aromatic N) is 1. The molecule has 3 rings (SSSR count). The Bertz CT molecular complexity index is 1130. The Morgan fingerprint density at radius 2 is 2.00 bits per heavy atom. The molecule has 180 valence electrons. The lowest BCUT2D eigenvalue weighted by Gasteiger charge is -2.13. The molecule has 1 fully saturated rings. The van der Waals surface area contributed by atoms with Gasteiger partial charge in [0.05, 0.1) is 27.7 Å². The fourth-order valence-corrected chi connectivity index (χ4v) is 4.69. The van der Waals surface area contributed by atoms with Gasteiger partial charge in [0, 0.05) is 20.3 Å². The van der Waals surface area contributed by atoms with Gasteiger partial charge in [-0.3, -0.25) is 14.5 Å². The Morgan fingerprint density at radius 1 is 1.21 bits per heavy atom. The van der Waals surface area contributed by atoms with Gasteiger partial charge in [0.25, 0.3) is 11.8 Å². The number of hydrogen-bond acceptors (Lipinski definition) is 7. The molecule has 11 heteroatoms. The number of amides is 2. The van der Waals surface area contributed by atoms with Gasteiger partial charge in [-0.25, -0.2) is 0 Å². The van der Waals surface area contributed by atoms with Crippen molar-refractivity contribution in [1.29, 1.82) is 0 Å². The second kappa shape index (κ2) is 12.4. The van der Waals surface area contributed by atoms with Crippen LogP contribution in [-0.2, 0) is 14.3 Å². The summed E-state index contributed by atoms with van der Waals surface area (Å²) in [4.78, 5) is 27.1. The molecule has 0 atom stereocenters. The monoisotopic (exact) mass is 540 g/mol. The smallest absolute Gasteiger partial charge is 0.266 e. The highest BCUT2D eigenvalue weighted by Crippen LogP contribution is 2.35. The first-order valence-corrected chi connectivity index (χ1v) is 12.1. The molecule has 0 bridgehead atoms. The minimum absolute atomic E-state index is 0.137. The van der Waals surface area contributed by atoms with Crippen molar-refractivity contribution >= 4 is 75.1 Å². The molecule has 0 aliphatic carbocycles. The maximum Gasteiger partial charge on any atom is 0.266 e. The molecular weight excluding hydrogens is 519 g/mol. The van der Waals surface area contributed by atoms with Gasteiger partial charge in [-0.05, 0) is 42.3 Å². The van der Waals surface area contributed by atoms with E-state index in [0.717, 1.165) is 5.56 Å². The largest absolute Gasteiger partial charge is 0.493 e. The lowest BCUT2D eigenvalue weighted by Crippen LogP contribution is -2.29. The normalized spacial score (nSPS) is 14.6. The number of thioether (sulfide) groups is 1. The molecule has 1 heterocycles. The first-order valence-electron chi connectivity index (χ1n) is 10.1. The number of benzene rings is 2. The van der Waals surface area contributed by atoms with E-state index in [2.05, 4.69) is 5.32 Å². The Kier molecular flexibility index (Phi) is 9.61. The minimum atomic E-state index is -0.410. The standard InChI is InChI=1S/C23H22Cl2N2O5S2/c1-30-10-4-9-27-22(29)19(34-23(27)33)12-14-7-8-17(18(11-14)31-2)32-13-20(28)26-16-6-3-5-15(24)21(16)25/h3,5-8,11-12H,4,9-10,13H2,1-2H3,(H,26,28)/b19-12-. The first-order chi connectivity index (χ1) is 16.3. The van der Waals surface area contributed by atoms with Gasteiger partial charge in [-0.15, -0.1) is 0 Å². The number of nitrogens with one attached hydrogen (secondary N) is 1. The summed E-state index contributed by atoms with van der Waals surface area (Å²) in [5.41, 5.74) is 1.13. The number of halogens is 2. The van der Waals surface area contributed by atoms with Crippen LogP contribution in [0.3, 0.4) is 0 Å². The van der Waals surface area contributed by atoms with Crippen molar-refractivity contribution in [2.75, 3.05) is 39.3 Å². The summed E-state index contributed by atoms with van der Waals surface area (Å²) in [5, 5.41) is 3.24. The third-order valence-corrected chi connectivity index (χ3v) is 6.87. The average Bonchev–Trinajstić information content (AvgIpc) is 3.08. The Balaban J connectivity index is 1.65. The molecule has 1 N–H and O–H groups in total. The fourth-order valence-electron chi connectivity index (χ4n) is 3.03. The summed E-state index contributed by atoms with van der Waals surface area (Å²) in [6, 6.07) is 10.1. The lowest BCUT2D eigenvalue weighted by molar-refractivity contribution is -0.122. The third kappa shape index (κ3) is 6.64. The van der Waals surface area contributed by atoms with E-state index >= 15 is 0 Å². The molecule has 0 saturated carbocycles. The predicted octanol–water partition coefficient (Wildman–Crippen LogP) is 5.26. The first kappa shape index (κ1) is 26.3. The van der Waals surface area contributed by atoms with E-state index < -0.39 is 5.91 Å². The fraction of sp³-hybridized carbons (Fsp3) is 0.261. The van der Waals surface area contributed by atoms with Crippen LogP contribution in [0.25, 0.3) is 6.08 Å². The summed E-state index contributed by atoms with van der Waals surface area (Å²) < 4.78 is 16.6. The van der Waals surface area contributed by atoms with E-state index in [1.165, 1.54) is 18.9 Å². The van der Waals surface area contributed by atoms with Gasteiger partial charge < -0.3 is 19.5 Å². The molecule has 2 amide bonds. The van der Waals surface area contributed by atoms with Crippen molar-refractivity contribution < 1.29 is 23.8 Å². The third-order valence-electron chi connectivity index (χ3n) is 4.67. The van der Waals surface area contributed by atoms with Crippen LogP contribution < -0.4 is 14.8 Å². The summed E-state index contributed by atoms with van der Waals surface area (Å²) in [6.07, 6.45) is 2.45. The molecular formula is C23H22Cl2N2O5S2. The van der Waals surface area contributed by atoms with Crippen LogP contribution in [0.5, 0.6) is 11.5 Å². The topological polar surface area (TPSA) is 77.1 Å². The van der Waals surface area contributed by atoms with Gasteiger partial charge in [0.2, 0.25) is 0 Å². The van der Waals surface area contributed by atoms with Crippen LogP contribution in [0.4, 0.5) is 5.69 Å². The lowest BCUT2D eigenvalue weighted by atomic mass is 10.2. The molecule has 0 unspecified atom stereocenters. The number of ether oxygens (including phenoxy) is 3. The van der Waals surface area contributed by atoms with Crippen molar-refractivity contribution in [3.05, 3.63) is 56.9 Å². The molecule has 1 aliphatic rings. The number of carbonyl (C=O) groups excluding carboxylic acids is 2. The minimum Gasteiger partial charge on any atom is -0.493 e. The Labute approximate surface area is 217 Å². The summed E-state index contributed by atoms with van der Waals surface area (Å²) >= 11 is 18.7. The van der Waals surface area contributed by atoms with Gasteiger partial charge >= 0.3 is 0 Å². The van der Waals surface area contributed by atoms with Crippen LogP contribution in [-0.4, -0.2) is 55.0 Å². The Morgan fingerprint density at radius 3 is 2.74 bits per heavy atom. The number of rotatable bonds is 10. The molecule has 2 aromatic rings. The van der Waals surface area contributed by atoms with E-state index in [0.29, 0.717) is 51.0 Å². The summed E-state index contributed by atoms with van der Waals surface area (Å²) in [7, 11) is 3.11. The highest BCUT2D eigenvalue weighted by molar-refractivity contribution is 8.26. The zero-order valence-corrected chi connectivity index (χ0v) is 21.6. The zero-order chi connectivity index (χ0) is 24.7. The van der Waals surface area contributed by atoms with E-state index in [-0.39, 0.29) is 17.5 Å². The molecule has 2 aromatic carbocycles. The number of thiocarbonyl (C=S) groups is 1. The zero-order valence-electron chi connectivity index (χ0n) is 18.4. The van der Waals surface area contributed by atoms with Crippen molar-refractivity contribution in [3.63, 3.8) is 0 Å². The highest BCUT2D eigenvalue weighted by atomic mass is 35.5. The maximum atomic E-state index is 12.7. The molecule has 1 saturated heterocycles. The van der Waals surface area contributed by atoms with E-state index in [1.807, 2.05) is 0 Å². The van der Waals surface area contributed by atoms with Crippen LogP contribution in [0.15, 0.2) is 41.3 Å². The summed E-state index contributed by atoms with van der Waals surface area (Å²) in [5.74, 6) is 0.242. The van der Waals surface area contributed by atoms with Crippen molar-refractivity contribution in [1.82, 2.24) is 4.90 Å². The van der Waals surface area contributed by atoms with E-state index in [4.69, 9.17) is 49.6 Å². The van der Waals surface area contributed by atoms with Gasteiger partial charge in [-0.2, -0.15) is 0 Å². The number of hydrogen-bond donors (Lipinski definition) is 1. The number of methoxy groups -OCH3 is 2. The molecule has 34 heavy (non-hydrogen) atoms. The van der Waals surface area contributed by atoms with Crippen molar-refractivity contribution in [3.8, 4) is 11.5 Å². The highest BCUT2D eigenvalue weighted by Gasteiger charge is 2.31. The molecule has 7 nitrogen and oxygen atoms in total. The van der Waals surface area contributed by atoms with Crippen molar-refractivity contribution in [2.24, 2.45) is 0 Å². The molecule has 0 spiro atoms. The van der Waals surface area contributed by atoms with Crippen LogP contribution in [0.1, 0.15) is 12.0 Å². The van der Waals surface area contributed by atoms with Gasteiger partial charge in [0.15, 0.2) is 18.1 Å². The average molecular weight is 541 g/mol. The second-order valence-corrected chi connectivity index (χ2v) is 9.49. The molecule has 0 aromatic heterocycles.